The number of nitrogens with zero attached hydrogens (tertiary/aromatic N) is 1. The maximum Gasteiger partial charge on any atom is 0.262 e. The Morgan fingerprint density at radius 3 is 2.60 bits per heavy atom. The lowest BCUT2D eigenvalue weighted by molar-refractivity contribution is -0.118. The van der Waals surface area contributed by atoms with Crippen LogP contribution in [0, 0.1) is 0 Å². The van der Waals surface area contributed by atoms with Crippen LogP contribution in [-0.4, -0.2) is 53.2 Å². The molecule has 0 bridgehead atoms. The van der Waals surface area contributed by atoms with Crippen LogP contribution in [0.2, 0.25) is 4.34 Å². The Balaban J connectivity index is 1.55. The molecule has 0 aliphatic carbocycles. The molecule has 6 N–H and O–H groups in total. The number of nitrogens with one attached hydrogen (secondary N) is 3. The van der Waals surface area contributed by atoms with E-state index in [1.807, 2.05) is 12.1 Å². The highest BCUT2D eigenvalue weighted by molar-refractivity contribution is 7.18. The summed E-state index contributed by atoms with van der Waals surface area (Å²) in [5.74, 6) is -0.831. The van der Waals surface area contributed by atoms with E-state index in [9.17, 15) is 14.7 Å². The van der Waals surface area contributed by atoms with Gasteiger partial charge in [-0.3, -0.25) is 9.59 Å². The maximum atomic E-state index is 13.3. The van der Waals surface area contributed by atoms with Crippen LogP contribution in [0.25, 0.3) is 0 Å². The predicted molar refractivity (Wildman–Crippen MR) is 140 cm³/mol. The van der Waals surface area contributed by atoms with E-state index >= 15 is 0 Å². The van der Waals surface area contributed by atoms with Crippen LogP contribution in [-0.2, 0) is 24.1 Å². The second kappa shape index (κ2) is 11.1. The van der Waals surface area contributed by atoms with Crippen LogP contribution in [0.15, 0.2) is 48.5 Å². The zero-order valence-corrected chi connectivity index (χ0v) is 20.8. The third kappa shape index (κ3) is 6.32. The van der Waals surface area contributed by atoms with Crippen molar-refractivity contribution in [1.29, 1.82) is 0 Å². The molecular weight excluding hydrogens is 488 g/mol. The molecule has 8 nitrogen and oxygen atoms in total. The molecule has 0 radical (unpaired) electrons. The third-order valence-corrected chi connectivity index (χ3v) is 7.28. The lowest BCUT2D eigenvalue weighted by Gasteiger charge is -2.19. The number of phenolic OH excluding ortho intramolecular Hbond substituents is 1. The van der Waals surface area contributed by atoms with Crippen LogP contribution in [0.4, 0.5) is 11.4 Å². The third-order valence-electron chi connectivity index (χ3n) is 6.05. The number of thiophene rings is 1. The van der Waals surface area contributed by atoms with Gasteiger partial charge in [0.1, 0.15) is 17.5 Å². The highest BCUT2D eigenvalue weighted by Gasteiger charge is 2.24. The highest BCUT2D eigenvalue weighted by Crippen LogP contribution is 2.25. The van der Waals surface area contributed by atoms with Gasteiger partial charge in [0.15, 0.2) is 0 Å². The zero-order chi connectivity index (χ0) is 24.9. The molecule has 2 amide bonds. The van der Waals surface area contributed by atoms with Crippen molar-refractivity contribution in [2.75, 3.05) is 30.9 Å². The fraction of sp³-hybridized carbons (Fsp3) is 0.280. The predicted octanol–water partition coefficient (Wildman–Crippen LogP) is 3.17. The lowest BCUT2D eigenvalue weighted by atomic mass is 10.0. The van der Waals surface area contributed by atoms with Gasteiger partial charge in [0.2, 0.25) is 5.91 Å². The summed E-state index contributed by atoms with van der Waals surface area (Å²) in [7, 11) is 2.10. The number of likely N-dealkylation sites (N-methyl/N-ethyl adjacent to an activating group) is 1. The average Bonchev–Trinajstić information content (AvgIpc) is 3.20. The molecule has 4 rings (SSSR count). The molecule has 10 heteroatoms. The minimum absolute atomic E-state index is 0.0716. The first kappa shape index (κ1) is 25.0. The topological polar surface area (TPSA) is 117 Å². The summed E-state index contributed by atoms with van der Waals surface area (Å²) in [5.41, 5.74) is 6.24. The summed E-state index contributed by atoms with van der Waals surface area (Å²) < 4.78 is 0.483. The van der Waals surface area contributed by atoms with E-state index in [2.05, 4.69) is 34.1 Å². The number of carbonyl (C=O) groups is 2. The molecule has 1 aliphatic rings. The van der Waals surface area contributed by atoms with Gasteiger partial charge in [0.25, 0.3) is 5.91 Å². The van der Waals surface area contributed by atoms with Crippen molar-refractivity contribution in [2.24, 2.45) is 0 Å². The summed E-state index contributed by atoms with van der Waals surface area (Å²) in [6.07, 6.45) is 2.04. The minimum atomic E-state index is -0.892. The van der Waals surface area contributed by atoms with E-state index in [0.29, 0.717) is 20.5 Å². The van der Waals surface area contributed by atoms with Gasteiger partial charge in [-0.15, -0.1) is 11.3 Å². The number of aromatic hydroxyl groups is 1. The number of hydrogen-bond donors (Lipinski definition) is 4. The fourth-order valence-electron chi connectivity index (χ4n) is 4.07. The molecule has 2 aromatic carbocycles. The van der Waals surface area contributed by atoms with Gasteiger partial charge in [-0.05, 0) is 73.0 Å². The molecule has 0 saturated carbocycles. The van der Waals surface area contributed by atoms with E-state index in [-0.39, 0.29) is 23.8 Å². The van der Waals surface area contributed by atoms with Crippen LogP contribution in [0.5, 0.6) is 5.75 Å². The van der Waals surface area contributed by atoms with E-state index in [1.54, 1.807) is 24.3 Å². The molecule has 184 valence electrons. The maximum absolute atomic E-state index is 13.3. The Kier molecular flexibility index (Phi) is 7.92. The Bertz CT molecular complexity index is 1230. The fourth-order valence-corrected chi connectivity index (χ4v) is 5.01. The van der Waals surface area contributed by atoms with Crippen molar-refractivity contribution < 1.29 is 19.9 Å². The number of halogens is 1. The highest BCUT2D eigenvalue weighted by atomic mass is 35.5. The summed E-state index contributed by atoms with van der Waals surface area (Å²) in [5, 5.41) is 23.0. The molecule has 1 unspecified atom stereocenters. The molecule has 0 saturated heterocycles. The molecule has 3 aromatic rings. The number of amides is 2. The summed E-state index contributed by atoms with van der Waals surface area (Å²) >= 11 is 7.11. The van der Waals surface area contributed by atoms with Crippen LogP contribution >= 0.6 is 22.9 Å². The van der Waals surface area contributed by atoms with E-state index in [1.165, 1.54) is 17.2 Å². The first-order valence-corrected chi connectivity index (χ1v) is 12.4. The second-order valence-corrected chi connectivity index (χ2v) is 10.3. The largest absolute Gasteiger partial charge is 0.506 e. The standard InChI is InChI=1S/C25H27ClN4O4S/c1-30-10-8-16-3-4-18(14-17(16)9-11-30)27-24(32)20(28-25(33)22-6-7-23(26)35-22)13-15-2-5-21(31)19(12-15)29-34/h2-7,12,14,20,29,31,34H,8-11,13H2,1H3,(H,27,32)(H,28,33)/p+1. The minimum Gasteiger partial charge on any atom is -0.506 e. The van der Waals surface area contributed by atoms with Crippen molar-refractivity contribution in [3.8, 4) is 5.75 Å². The molecule has 1 aromatic heterocycles. The first-order valence-electron chi connectivity index (χ1n) is 11.2. The SMILES string of the molecule is CN1CCc2ccc(NC(=O)C(Cc3ccc(O)c(N[OH2+])c3)NC(=O)c3ccc(Cl)s3)cc2CC1. The molecule has 0 spiro atoms. The van der Waals surface area contributed by atoms with Gasteiger partial charge in [-0.2, -0.15) is 5.48 Å². The van der Waals surface area contributed by atoms with Gasteiger partial charge in [0.05, 0.1) is 9.21 Å². The van der Waals surface area contributed by atoms with Crippen molar-refractivity contribution in [3.63, 3.8) is 0 Å². The van der Waals surface area contributed by atoms with Crippen LogP contribution in [0.3, 0.4) is 0 Å². The van der Waals surface area contributed by atoms with Crippen molar-refractivity contribution >= 4 is 46.1 Å². The molecule has 35 heavy (non-hydrogen) atoms. The van der Waals surface area contributed by atoms with Crippen molar-refractivity contribution in [3.05, 3.63) is 74.4 Å². The number of fused-ring (bicyclic) bond motifs is 1. The van der Waals surface area contributed by atoms with Gasteiger partial charge < -0.3 is 25.8 Å². The lowest BCUT2D eigenvalue weighted by Crippen LogP contribution is -2.45. The van der Waals surface area contributed by atoms with Crippen LogP contribution < -0.4 is 16.1 Å². The number of anilines is 2. The summed E-state index contributed by atoms with van der Waals surface area (Å²) in [6.45, 7) is 1.96. The smallest absolute Gasteiger partial charge is 0.262 e. The number of rotatable bonds is 7. The van der Waals surface area contributed by atoms with Gasteiger partial charge in [-0.1, -0.05) is 23.7 Å². The Hall–Kier alpha value is -3.11. The Morgan fingerprint density at radius 1 is 1.11 bits per heavy atom. The van der Waals surface area contributed by atoms with Gasteiger partial charge in [-0.25, -0.2) is 0 Å². The Morgan fingerprint density at radius 2 is 1.89 bits per heavy atom. The van der Waals surface area contributed by atoms with Crippen molar-refractivity contribution in [1.82, 2.24) is 10.2 Å². The van der Waals surface area contributed by atoms with Gasteiger partial charge in [0, 0.05) is 25.2 Å². The van der Waals surface area contributed by atoms with Crippen molar-refractivity contribution in [2.45, 2.75) is 25.3 Å². The number of carbonyl (C=O) groups excluding carboxylic acids is 2. The molecule has 2 heterocycles. The number of hydrogen-bond acceptors (Lipinski definition) is 6. The molecular formula is C25H28ClN4O4S+. The molecule has 1 aliphatic heterocycles. The first-order chi connectivity index (χ1) is 16.8. The van der Waals surface area contributed by atoms with Crippen LogP contribution in [0.1, 0.15) is 26.4 Å². The monoisotopic (exact) mass is 515 g/mol. The zero-order valence-electron chi connectivity index (χ0n) is 19.2. The molecule has 1 atom stereocenters. The average molecular weight is 516 g/mol. The molecule has 0 fully saturated rings. The quantitative estimate of drug-likeness (QED) is 0.219. The number of benzene rings is 2. The summed E-state index contributed by atoms with van der Waals surface area (Å²) in [4.78, 5) is 28.9. The van der Waals surface area contributed by atoms with E-state index < -0.39 is 11.9 Å². The normalized spacial score (nSPS) is 14.5. The number of phenols is 1. The van der Waals surface area contributed by atoms with Gasteiger partial charge >= 0.3 is 0 Å². The van der Waals surface area contributed by atoms with E-state index in [4.69, 9.17) is 16.8 Å². The van der Waals surface area contributed by atoms with E-state index in [0.717, 1.165) is 37.3 Å². The Labute approximate surface area is 212 Å². The summed E-state index contributed by atoms with van der Waals surface area (Å²) in [6, 6.07) is 13.0. The second-order valence-electron chi connectivity index (χ2n) is 8.59.